The number of para-hydroxylation sites is 2. The largest absolute Gasteiger partial charge is 0.456 e. The van der Waals surface area contributed by atoms with E-state index in [0.717, 1.165) is 44.7 Å². The van der Waals surface area contributed by atoms with Crippen molar-refractivity contribution < 1.29 is 4.42 Å². The Morgan fingerprint density at radius 2 is 1.04 bits per heavy atom. The lowest BCUT2D eigenvalue weighted by molar-refractivity contribution is 0.669. The molecule has 11 rings (SSSR count). The van der Waals surface area contributed by atoms with Crippen molar-refractivity contribution in [1.82, 2.24) is 4.57 Å². The number of rotatable bonds is 5. The van der Waals surface area contributed by atoms with Gasteiger partial charge in [0.05, 0.1) is 11.0 Å². The van der Waals surface area contributed by atoms with E-state index in [0.29, 0.717) is 0 Å². The van der Waals surface area contributed by atoms with Crippen molar-refractivity contribution in [2.24, 2.45) is 0 Å². The highest BCUT2D eigenvalue weighted by Gasteiger charge is 2.19. The summed E-state index contributed by atoms with van der Waals surface area (Å²) in [5, 5.41) is 9.70. The average molecular weight is 677 g/mol. The number of furan rings is 1. The van der Waals surface area contributed by atoms with E-state index in [1.165, 1.54) is 54.5 Å². The van der Waals surface area contributed by atoms with Crippen LogP contribution in [0, 0.1) is 0 Å². The first-order valence-corrected chi connectivity index (χ1v) is 18.1. The summed E-state index contributed by atoms with van der Waals surface area (Å²) in [5.74, 6) is 0. The van der Waals surface area contributed by atoms with Crippen LogP contribution in [0.15, 0.2) is 199 Å². The fourth-order valence-corrected chi connectivity index (χ4v) is 8.35. The molecule has 3 nitrogen and oxygen atoms in total. The predicted octanol–water partition coefficient (Wildman–Crippen LogP) is 14.1. The van der Waals surface area contributed by atoms with E-state index in [-0.39, 0.29) is 0 Å². The van der Waals surface area contributed by atoms with Gasteiger partial charge in [0, 0.05) is 44.3 Å². The molecule has 0 aliphatic heterocycles. The summed E-state index contributed by atoms with van der Waals surface area (Å²) in [4.78, 5) is 2.38. The zero-order chi connectivity index (χ0) is 34.9. The first-order valence-electron chi connectivity index (χ1n) is 18.1. The topological polar surface area (TPSA) is 21.3 Å². The standard InChI is InChI=1S/C50H32N2O/c1-2-12-33(13-3-1)44-32-39(30-35-15-5-6-16-40(35)44)51(38-27-29-49-45(31-38)42-18-9-11-21-48(42)53-49)36-23-25-37(26-24-36)52-46-20-10-8-19-43(46)50-41-17-7-4-14-34(41)22-28-47(50)52/h1-32H. The monoisotopic (exact) mass is 676 g/mol. The second kappa shape index (κ2) is 11.7. The molecule has 0 aliphatic rings. The molecule has 0 fully saturated rings. The molecule has 0 spiro atoms. The maximum atomic E-state index is 6.27. The molecular weight excluding hydrogens is 645 g/mol. The van der Waals surface area contributed by atoms with Gasteiger partial charge in [0.2, 0.25) is 0 Å². The minimum Gasteiger partial charge on any atom is -0.456 e. The third-order valence-electron chi connectivity index (χ3n) is 10.7. The van der Waals surface area contributed by atoms with E-state index in [1.54, 1.807) is 0 Å². The lowest BCUT2D eigenvalue weighted by atomic mass is 9.96. The van der Waals surface area contributed by atoms with Crippen molar-refractivity contribution >= 4 is 82.4 Å². The maximum absolute atomic E-state index is 6.27. The molecule has 0 N–H and O–H groups in total. The van der Waals surface area contributed by atoms with Crippen molar-refractivity contribution in [3.63, 3.8) is 0 Å². The SMILES string of the molecule is c1ccc(-c2cc(N(c3ccc(-n4c5ccccc5c5c6ccccc6ccc54)cc3)c3ccc4oc5ccccc5c4c3)cc3ccccc23)cc1. The Balaban J connectivity index is 1.13. The van der Waals surface area contributed by atoms with Crippen LogP contribution in [-0.4, -0.2) is 4.57 Å². The molecule has 2 aromatic heterocycles. The van der Waals surface area contributed by atoms with Gasteiger partial charge in [0.1, 0.15) is 11.2 Å². The van der Waals surface area contributed by atoms with Crippen molar-refractivity contribution in [2.75, 3.05) is 4.90 Å². The molecule has 0 unspecified atom stereocenters. The van der Waals surface area contributed by atoms with Gasteiger partial charge in [-0.1, -0.05) is 121 Å². The normalized spacial score (nSPS) is 11.8. The van der Waals surface area contributed by atoms with E-state index in [9.17, 15) is 0 Å². The predicted molar refractivity (Wildman–Crippen MR) is 223 cm³/mol. The molecule has 2 heterocycles. The Kier molecular flexibility index (Phi) is 6.55. The molecular formula is C50H32N2O. The van der Waals surface area contributed by atoms with Crippen LogP contribution < -0.4 is 4.90 Å². The maximum Gasteiger partial charge on any atom is 0.135 e. The molecule has 0 saturated heterocycles. The van der Waals surface area contributed by atoms with Gasteiger partial charge < -0.3 is 13.9 Å². The highest BCUT2D eigenvalue weighted by molar-refractivity contribution is 6.21. The van der Waals surface area contributed by atoms with E-state index >= 15 is 0 Å². The van der Waals surface area contributed by atoms with Crippen LogP contribution in [0.1, 0.15) is 0 Å². The molecule has 0 radical (unpaired) electrons. The number of fused-ring (bicyclic) bond motifs is 9. The van der Waals surface area contributed by atoms with Gasteiger partial charge in [-0.2, -0.15) is 0 Å². The minimum absolute atomic E-state index is 0.882. The van der Waals surface area contributed by atoms with Gasteiger partial charge >= 0.3 is 0 Å². The van der Waals surface area contributed by atoms with Crippen LogP contribution in [0.25, 0.3) is 82.1 Å². The van der Waals surface area contributed by atoms with Crippen LogP contribution in [0.5, 0.6) is 0 Å². The van der Waals surface area contributed by atoms with Crippen LogP contribution in [-0.2, 0) is 0 Å². The van der Waals surface area contributed by atoms with Gasteiger partial charge in [-0.25, -0.2) is 0 Å². The number of hydrogen-bond acceptors (Lipinski definition) is 2. The zero-order valence-electron chi connectivity index (χ0n) is 28.8. The first-order chi connectivity index (χ1) is 26.3. The Labute approximate surface area is 306 Å². The number of benzene rings is 9. The van der Waals surface area contributed by atoms with Crippen LogP contribution in [0.4, 0.5) is 17.1 Å². The summed E-state index contributed by atoms with van der Waals surface area (Å²) in [6, 6.07) is 69.8. The molecule has 53 heavy (non-hydrogen) atoms. The summed E-state index contributed by atoms with van der Waals surface area (Å²) in [6.45, 7) is 0. The highest BCUT2D eigenvalue weighted by atomic mass is 16.3. The minimum atomic E-state index is 0.882. The summed E-state index contributed by atoms with van der Waals surface area (Å²) >= 11 is 0. The van der Waals surface area contributed by atoms with Crippen molar-refractivity contribution in [3.8, 4) is 16.8 Å². The molecule has 0 aliphatic carbocycles. The van der Waals surface area contributed by atoms with Crippen molar-refractivity contribution in [3.05, 3.63) is 194 Å². The number of anilines is 3. The van der Waals surface area contributed by atoms with Gasteiger partial charge in [-0.05, 0) is 105 Å². The number of nitrogens with zero attached hydrogens (tertiary/aromatic N) is 2. The molecule has 3 heteroatoms. The van der Waals surface area contributed by atoms with Crippen molar-refractivity contribution in [2.45, 2.75) is 0 Å². The summed E-state index contributed by atoms with van der Waals surface area (Å²) < 4.78 is 8.67. The second-order valence-corrected chi connectivity index (χ2v) is 13.7. The lowest BCUT2D eigenvalue weighted by Crippen LogP contribution is -2.10. The van der Waals surface area contributed by atoms with Crippen LogP contribution in [0.2, 0.25) is 0 Å². The zero-order valence-corrected chi connectivity index (χ0v) is 28.8. The van der Waals surface area contributed by atoms with E-state index in [2.05, 4.69) is 191 Å². The van der Waals surface area contributed by atoms with Crippen LogP contribution in [0.3, 0.4) is 0 Å². The average Bonchev–Trinajstić information content (AvgIpc) is 3.77. The Hall–Kier alpha value is -7.10. The Bertz CT molecular complexity index is 3170. The molecule has 11 aromatic rings. The third-order valence-corrected chi connectivity index (χ3v) is 10.7. The van der Waals surface area contributed by atoms with Gasteiger partial charge in [-0.3, -0.25) is 0 Å². The van der Waals surface area contributed by atoms with Gasteiger partial charge in [-0.15, -0.1) is 0 Å². The van der Waals surface area contributed by atoms with E-state index in [4.69, 9.17) is 4.42 Å². The van der Waals surface area contributed by atoms with E-state index in [1.807, 2.05) is 12.1 Å². The molecule has 9 aromatic carbocycles. The molecule has 0 amide bonds. The summed E-state index contributed by atoms with van der Waals surface area (Å²) in [5.41, 5.74) is 10.9. The Morgan fingerprint density at radius 1 is 0.377 bits per heavy atom. The molecule has 248 valence electrons. The third kappa shape index (κ3) is 4.68. The summed E-state index contributed by atoms with van der Waals surface area (Å²) in [7, 11) is 0. The highest BCUT2D eigenvalue weighted by Crippen LogP contribution is 2.43. The lowest BCUT2D eigenvalue weighted by Gasteiger charge is -2.27. The molecule has 0 bridgehead atoms. The quantitative estimate of drug-likeness (QED) is 0.181. The fraction of sp³-hybridized carbons (Fsp3) is 0. The van der Waals surface area contributed by atoms with Gasteiger partial charge in [0.25, 0.3) is 0 Å². The first kappa shape index (κ1) is 29.6. The number of hydrogen-bond donors (Lipinski definition) is 0. The van der Waals surface area contributed by atoms with Crippen LogP contribution >= 0.6 is 0 Å². The Morgan fingerprint density at radius 3 is 1.89 bits per heavy atom. The fourth-order valence-electron chi connectivity index (χ4n) is 8.35. The van der Waals surface area contributed by atoms with Crippen molar-refractivity contribution in [1.29, 1.82) is 0 Å². The smallest absolute Gasteiger partial charge is 0.135 e. The van der Waals surface area contributed by atoms with Gasteiger partial charge in [0.15, 0.2) is 0 Å². The summed E-state index contributed by atoms with van der Waals surface area (Å²) in [6.07, 6.45) is 0. The number of aromatic nitrogens is 1. The molecule has 0 atom stereocenters. The van der Waals surface area contributed by atoms with E-state index < -0.39 is 0 Å². The second-order valence-electron chi connectivity index (χ2n) is 13.7. The molecule has 0 saturated carbocycles.